The summed E-state index contributed by atoms with van der Waals surface area (Å²) in [5.41, 5.74) is 0. The monoisotopic (exact) mass is 276 g/mol. The highest BCUT2D eigenvalue weighted by Gasteiger charge is 2.24. The molecule has 0 aromatic rings. The van der Waals surface area contributed by atoms with Crippen molar-refractivity contribution < 1.29 is 38.9 Å². The third kappa shape index (κ3) is 8.58. The van der Waals surface area contributed by atoms with Crippen LogP contribution in [0.25, 0.3) is 0 Å². The van der Waals surface area contributed by atoms with Gasteiger partial charge in [0.05, 0.1) is 13.5 Å². The highest BCUT2D eigenvalue weighted by Crippen LogP contribution is 2.06. The van der Waals surface area contributed by atoms with Crippen molar-refractivity contribution in [2.75, 3.05) is 7.11 Å². The molecule has 0 spiro atoms. The number of methoxy groups -OCH3 is 1. The number of aliphatic carboxylic acids is 2. The zero-order valence-electron chi connectivity index (χ0n) is 10.5. The maximum Gasteiger partial charge on any atom is 0.345 e. The normalized spacial score (nSPS) is 11.4. The molecule has 0 saturated heterocycles. The molecule has 0 aromatic carbocycles. The number of carboxylic acids is 2. The van der Waals surface area contributed by atoms with Gasteiger partial charge in [-0.1, -0.05) is 0 Å². The number of hydrogen-bond acceptors (Lipinski definition) is 6. The fourth-order valence-corrected chi connectivity index (χ4v) is 1.20. The van der Waals surface area contributed by atoms with Crippen molar-refractivity contribution in [2.45, 2.75) is 38.2 Å². The number of unbranched alkanes of at least 4 members (excludes halogenated alkanes) is 1. The van der Waals surface area contributed by atoms with Crippen LogP contribution in [-0.2, 0) is 28.7 Å². The van der Waals surface area contributed by atoms with Crippen LogP contribution in [0, 0.1) is 0 Å². The molecule has 19 heavy (non-hydrogen) atoms. The third-order valence-electron chi connectivity index (χ3n) is 2.15. The summed E-state index contributed by atoms with van der Waals surface area (Å²) in [6, 6.07) is 0. The van der Waals surface area contributed by atoms with Gasteiger partial charge in [0.15, 0.2) is 0 Å². The number of esters is 2. The molecule has 0 amide bonds. The van der Waals surface area contributed by atoms with Gasteiger partial charge in [-0.05, 0) is 12.8 Å². The third-order valence-corrected chi connectivity index (χ3v) is 2.15. The molecule has 2 N–H and O–H groups in total. The van der Waals surface area contributed by atoms with E-state index in [1.165, 1.54) is 7.11 Å². The van der Waals surface area contributed by atoms with Gasteiger partial charge >= 0.3 is 23.9 Å². The second kappa shape index (κ2) is 8.90. The second-order valence-corrected chi connectivity index (χ2v) is 3.70. The lowest BCUT2D eigenvalue weighted by Crippen LogP contribution is -2.29. The predicted molar refractivity (Wildman–Crippen MR) is 60.3 cm³/mol. The number of carbonyl (C=O) groups is 4. The zero-order valence-corrected chi connectivity index (χ0v) is 10.5. The van der Waals surface area contributed by atoms with Crippen molar-refractivity contribution in [3.05, 3.63) is 0 Å². The van der Waals surface area contributed by atoms with E-state index in [2.05, 4.69) is 9.47 Å². The number of hydrogen-bond donors (Lipinski definition) is 2. The summed E-state index contributed by atoms with van der Waals surface area (Å²) in [5, 5.41) is 17.1. The van der Waals surface area contributed by atoms with Crippen LogP contribution < -0.4 is 0 Å². The summed E-state index contributed by atoms with van der Waals surface area (Å²) in [6.07, 6.45) is -1.68. The van der Waals surface area contributed by atoms with E-state index in [0.717, 1.165) is 0 Å². The van der Waals surface area contributed by atoms with Crippen LogP contribution in [-0.4, -0.2) is 47.3 Å². The molecule has 1 atom stereocenters. The van der Waals surface area contributed by atoms with Crippen LogP contribution in [0.2, 0.25) is 0 Å². The minimum Gasteiger partial charge on any atom is -0.481 e. The standard InChI is InChI=1S/C11H16O8/c1-18-9(14)4-2-3-5-10(15)19-7(11(16)17)6-8(12)13/h7H,2-6H2,1H3,(H,12,13)(H,16,17). The first kappa shape index (κ1) is 16.9. The lowest BCUT2D eigenvalue weighted by Gasteiger charge is -2.11. The summed E-state index contributed by atoms with van der Waals surface area (Å²) in [7, 11) is 1.25. The average molecular weight is 276 g/mol. The van der Waals surface area contributed by atoms with E-state index in [1.54, 1.807) is 0 Å². The number of carbonyl (C=O) groups excluding carboxylic acids is 2. The van der Waals surface area contributed by atoms with Crippen LogP contribution in [0.15, 0.2) is 0 Å². The Hall–Kier alpha value is -2.12. The minimum absolute atomic E-state index is 0.0829. The highest BCUT2D eigenvalue weighted by atomic mass is 16.6. The molecule has 0 rings (SSSR count). The van der Waals surface area contributed by atoms with E-state index in [0.29, 0.717) is 12.8 Å². The average Bonchev–Trinajstić information content (AvgIpc) is 2.32. The SMILES string of the molecule is COC(=O)CCCCC(=O)OC(CC(=O)O)C(=O)O. The molecule has 0 bridgehead atoms. The van der Waals surface area contributed by atoms with E-state index < -0.39 is 36.4 Å². The van der Waals surface area contributed by atoms with Gasteiger partial charge in [0, 0.05) is 12.8 Å². The van der Waals surface area contributed by atoms with E-state index in [-0.39, 0.29) is 12.8 Å². The van der Waals surface area contributed by atoms with Crippen molar-refractivity contribution in [3.8, 4) is 0 Å². The van der Waals surface area contributed by atoms with E-state index in [4.69, 9.17) is 10.2 Å². The van der Waals surface area contributed by atoms with E-state index >= 15 is 0 Å². The van der Waals surface area contributed by atoms with E-state index in [9.17, 15) is 19.2 Å². The molecule has 0 fully saturated rings. The van der Waals surface area contributed by atoms with Crippen LogP contribution in [0.1, 0.15) is 32.1 Å². The maximum atomic E-state index is 11.3. The smallest absolute Gasteiger partial charge is 0.345 e. The lowest BCUT2D eigenvalue weighted by atomic mass is 10.2. The summed E-state index contributed by atoms with van der Waals surface area (Å²) >= 11 is 0. The molecule has 8 heteroatoms. The lowest BCUT2D eigenvalue weighted by molar-refractivity contribution is -0.167. The Balaban J connectivity index is 3.97. The second-order valence-electron chi connectivity index (χ2n) is 3.70. The van der Waals surface area contributed by atoms with Gasteiger partial charge in [0.2, 0.25) is 6.10 Å². The summed E-state index contributed by atoms with van der Waals surface area (Å²) in [5.74, 6) is -4.09. The minimum atomic E-state index is -1.69. The molecule has 0 aromatic heterocycles. The maximum absolute atomic E-state index is 11.3. The van der Waals surface area contributed by atoms with Crippen LogP contribution >= 0.6 is 0 Å². The quantitative estimate of drug-likeness (QED) is 0.451. The van der Waals surface area contributed by atoms with Gasteiger partial charge in [-0.2, -0.15) is 0 Å². The first-order valence-electron chi connectivity index (χ1n) is 5.57. The molecular formula is C11H16O8. The van der Waals surface area contributed by atoms with Crippen molar-refractivity contribution >= 4 is 23.9 Å². The van der Waals surface area contributed by atoms with Crippen molar-refractivity contribution in [1.29, 1.82) is 0 Å². The predicted octanol–water partition coefficient (Wildman–Crippen LogP) is 0.191. The summed E-state index contributed by atoms with van der Waals surface area (Å²) < 4.78 is 8.92. The van der Waals surface area contributed by atoms with Crippen LogP contribution in [0.3, 0.4) is 0 Å². The van der Waals surface area contributed by atoms with E-state index in [1.807, 2.05) is 0 Å². The molecular weight excluding hydrogens is 260 g/mol. The molecule has 0 aliphatic carbocycles. The Labute approximate surface area is 109 Å². The molecule has 0 aliphatic rings. The Morgan fingerprint density at radius 2 is 1.53 bits per heavy atom. The Morgan fingerprint density at radius 1 is 1.00 bits per heavy atom. The molecule has 0 heterocycles. The molecule has 0 saturated carbocycles. The Bertz CT molecular complexity index is 349. The molecule has 108 valence electrons. The zero-order chi connectivity index (χ0) is 14.8. The molecule has 1 unspecified atom stereocenters. The van der Waals surface area contributed by atoms with Crippen LogP contribution in [0.4, 0.5) is 0 Å². The molecule has 0 radical (unpaired) electrons. The first-order chi connectivity index (χ1) is 8.86. The van der Waals surface area contributed by atoms with Gasteiger partial charge in [-0.15, -0.1) is 0 Å². The number of ether oxygens (including phenoxy) is 2. The van der Waals surface area contributed by atoms with Crippen molar-refractivity contribution in [2.24, 2.45) is 0 Å². The fourth-order valence-electron chi connectivity index (χ4n) is 1.20. The highest BCUT2D eigenvalue weighted by molar-refractivity contribution is 5.82. The Kier molecular flexibility index (Phi) is 7.90. The Morgan fingerprint density at radius 3 is 1.95 bits per heavy atom. The van der Waals surface area contributed by atoms with Gasteiger partial charge in [0.25, 0.3) is 0 Å². The summed E-state index contributed by atoms with van der Waals surface area (Å²) in [6.45, 7) is 0. The molecule has 0 aliphatic heterocycles. The fraction of sp³-hybridized carbons (Fsp3) is 0.636. The molecule has 8 nitrogen and oxygen atoms in total. The van der Waals surface area contributed by atoms with Crippen molar-refractivity contribution in [1.82, 2.24) is 0 Å². The topological polar surface area (TPSA) is 127 Å². The number of carboxylic acid groups (broad SMARTS) is 2. The van der Waals surface area contributed by atoms with Crippen LogP contribution in [0.5, 0.6) is 0 Å². The first-order valence-corrected chi connectivity index (χ1v) is 5.57. The van der Waals surface area contributed by atoms with Gasteiger partial charge in [-0.25, -0.2) is 4.79 Å². The van der Waals surface area contributed by atoms with Gasteiger partial charge in [-0.3, -0.25) is 14.4 Å². The number of rotatable bonds is 9. The van der Waals surface area contributed by atoms with Crippen molar-refractivity contribution in [3.63, 3.8) is 0 Å². The van der Waals surface area contributed by atoms with Gasteiger partial charge in [0.1, 0.15) is 0 Å². The van der Waals surface area contributed by atoms with Gasteiger partial charge < -0.3 is 19.7 Å². The largest absolute Gasteiger partial charge is 0.481 e. The summed E-state index contributed by atoms with van der Waals surface area (Å²) in [4.78, 5) is 43.0.